The number of carbonyl (C=O) groups excluding carboxylic acids is 1. The number of carbonyl (C=O) groups is 1. The molecule has 0 fully saturated rings. The van der Waals surface area contributed by atoms with Gasteiger partial charge in [-0.25, -0.2) is 0 Å². The van der Waals surface area contributed by atoms with Crippen LogP contribution < -0.4 is 10.6 Å². The minimum Gasteiger partial charge on any atom is -0.504 e. The fraction of sp³-hybridized carbons (Fsp3) is 0.250. The van der Waals surface area contributed by atoms with E-state index < -0.39 is 18.4 Å². The van der Waals surface area contributed by atoms with Gasteiger partial charge in [0, 0.05) is 0 Å². The summed E-state index contributed by atoms with van der Waals surface area (Å²) in [4.78, 5) is 12.5. The van der Waals surface area contributed by atoms with Crippen molar-refractivity contribution < 1.29 is 20.1 Å². The van der Waals surface area contributed by atoms with Gasteiger partial charge in [0.25, 0.3) is 5.91 Å². The number of aromatic hydroxyl groups is 2. The van der Waals surface area contributed by atoms with Gasteiger partial charge in [-0.05, 0) is 30.7 Å². The van der Waals surface area contributed by atoms with Crippen molar-refractivity contribution >= 4 is 24.0 Å². The molecule has 106 valence electrons. The first kappa shape index (κ1) is 17.2. The summed E-state index contributed by atoms with van der Waals surface area (Å²) in [6, 6.07) is 2.84. The van der Waals surface area contributed by atoms with E-state index in [2.05, 4.69) is 6.58 Å². The second kappa shape index (κ2) is 7.63. The van der Waals surface area contributed by atoms with E-state index in [0.29, 0.717) is 18.5 Å². The SMILES string of the molecule is C=CC(=O)N(CO)c1c(CCN)ccc(O)c1O.Cl. The number of hydrogen-bond acceptors (Lipinski definition) is 5. The van der Waals surface area contributed by atoms with Crippen LogP contribution in [0.1, 0.15) is 5.56 Å². The lowest BCUT2D eigenvalue weighted by Crippen LogP contribution is -2.31. The largest absolute Gasteiger partial charge is 0.504 e. The Morgan fingerprint density at radius 2 is 2.05 bits per heavy atom. The van der Waals surface area contributed by atoms with E-state index in [1.807, 2.05) is 0 Å². The van der Waals surface area contributed by atoms with Gasteiger partial charge in [0.2, 0.25) is 0 Å². The van der Waals surface area contributed by atoms with Gasteiger partial charge in [-0.1, -0.05) is 12.6 Å². The zero-order valence-corrected chi connectivity index (χ0v) is 11.1. The second-order valence-electron chi connectivity index (χ2n) is 3.59. The van der Waals surface area contributed by atoms with Crippen LogP contribution in [0.25, 0.3) is 0 Å². The second-order valence-corrected chi connectivity index (χ2v) is 3.59. The molecule has 0 atom stereocenters. The Morgan fingerprint density at radius 1 is 1.42 bits per heavy atom. The molecule has 6 nitrogen and oxygen atoms in total. The molecule has 1 aromatic carbocycles. The van der Waals surface area contributed by atoms with Crippen molar-refractivity contribution in [1.82, 2.24) is 0 Å². The number of phenolic OH excluding ortho intramolecular Hbond substituents is 2. The summed E-state index contributed by atoms with van der Waals surface area (Å²) in [7, 11) is 0. The van der Waals surface area contributed by atoms with Gasteiger partial charge in [-0.15, -0.1) is 12.4 Å². The zero-order chi connectivity index (χ0) is 13.7. The number of amides is 1. The van der Waals surface area contributed by atoms with E-state index in [-0.39, 0.29) is 23.8 Å². The Balaban J connectivity index is 0.00000324. The number of hydrogen-bond donors (Lipinski definition) is 4. The molecule has 0 spiro atoms. The Bertz CT molecular complexity index is 465. The van der Waals surface area contributed by atoms with Crippen LogP contribution in [0.15, 0.2) is 24.8 Å². The van der Waals surface area contributed by atoms with Crippen LogP contribution in [-0.4, -0.2) is 34.5 Å². The highest BCUT2D eigenvalue weighted by Gasteiger charge is 2.21. The number of nitrogens with two attached hydrogens (primary N) is 1. The predicted molar refractivity (Wildman–Crippen MR) is 74.5 cm³/mol. The van der Waals surface area contributed by atoms with E-state index in [1.54, 1.807) is 0 Å². The van der Waals surface area contributed by atoms with Crippen molar-refractivity contribution in [2.24, 2.45) is 5.73 Å². The third-order valence-corrected chi connectivity index (χ3v) is 2.48. The van der Waals surface area contributed by atoms with Gasteiger partial charge >= 0.3 is 0 Å². The number of anilines is 1. The molecule has 0 aliphatic heterocycles. The highest BCUT2D eigenvalue weighted by atomic mass is 35.5. The first-order chi connectivity index (χ1) is 8.56. The average molecular weight is 289 g/mol. The van der Waals surface area contributed by atoms with Gasteiger partial charge in [0.15, 0.2) is 11.5 Å². The van der Waals surface area contributed by atoms with Crippen LogP contribution in [0.4, 0.5) is 5.69 Å². The predicted octanol–water partition coefficient (Wildman–Crippen LogP) is 0.490. The number of halogens is 1. The molecule has 19 heavy (non-hydrogen) atoms. The summed E-state index contributed by atoms with van der Waals surface area (Å²) in [5.41, 5.74) is 6.04. The molecule has 0 heterocycles. The number of aliphatic hydroxyl groups excluding tert-OH is 1. The summed E-state index contributed by atoms with van der Waals surface area (Å²) >= 11 is 0. The van der Waals surface area contributed by atoms with Crippen molar-refractivity contribution in [3.63, 3.8) is 0 Å². The van der Waals surface area contributed by atoms with Gasteiger partial charge in [-0.3, -0.25) is 9.69 Å². The maximum Gasteiger partial charge on any atom is 0.252 e. The number of benzene rings is 1. The van der Waals surface area contributed by atoms with Crippen molar-refractivity contribution in [3.8, 4) is 11.5 Å². The molecule has 0 bridgehead atoms. The maximum absolute atomic E-state index is 11.6. The van der Waals surface area contributed by atoms with Crippen molar-refractivity contribution in [2.45, 2.75) is 6.42 Å². The summed E-state index contributed by atoms with van der Waals surface area (Å²) < 4.78 is 0. The van der Waals surface area contributed by atoms with Crippen molar-refractivity contribution in [3.05, 3.63) is 30.4 Å². The lowest BCUT2D eigenvalue weighted by Gasteiger charge is -2.23. The molecule has 1 amide bonds. The highest BCUT2D eigenvalue weighted by Crippen LogP contribution is 2.39. The molecule has 5 N–H and O–H groups in total. The first-order valence-corrected chi connectivity index (χ1v) is 5.35. The average Bonchev–Trinajstić information content (AvgIpc) is 2.37. The quantitative estimate of drug-likeness (QED) is 0.358. The van der Waals surface area contributed by atoms with E-state index >= 15 is 0 Å². The lowest BCUT2D eigenvalue weighted by molar-refractivity contribution is -0.114. The Morgan fingerprint density at radius 3 is 2.53 bits per heavy atom. The standard InChI is InChI=1S/C12H16N2O4.ClH/c1-2-10(17)14(7-15)11-8(5-6-13)3-4-9(16)12(11)18;/h2-4,15-16,18H,1,5-7,13H2;1H. The molecule has 0 aliphatic carbocycles. The van der Waals surface area contributed by atoms with Crippen LogP contribution in [0.5, 0.6) is 11.5 Å². The fourth-order valence-corrected chi connectivity index (χ4v) is 1.63. The van der Waals surface area contributed by atoms with Gasteiger partial charge in [0.1, 0.15) is 6.73 Å². The Hall–Kier alpha value is -1.76. The maximum atomic E-state index is 11.6. The number of aliphatic hydroxyl groups is 1. The molecule has 0 aromatic heterocycles. The zero-order valence-electron chi connectivity index (χ0n) is 10.2. The van der Waals surface area contributed by atoms with E-state index in [0.717, 1.165) is 11.0 Å². The minimum absolute atomic E-state index is 0. The molecule has 7 heteroatoms. The van der Waals surface area contributed by atoms with Crippen molar-refractivity contribution in [2.75, 3.05) is 18.2 Å². The van der Waals surface area contributed by atoms with Gasteiger partial charge < -0.3 is 21.1 Å². The molecule has 1 rings (SSSR count). The van der Waals surface area contributed by atoms with Crippen LogP contribution in [0.3, 0.4) is 0 Å². The van der Waals surface area contributed by atoms with Gasteiger partial charge in [-0.2, -0.15) is 0 Å². The molecule has 1 aromatic rings. The molecule has 0 saturated heterocycles. The molecule has 0 aliphatic rings. The highest BCUT2D eigenvalue weighted by molar-refractivity contribution is 6.02. The van der Waals surface area contributed by atoms with Crippen LogP contribution in [0, 0.1) is 0 Å². The summed E-state index contributed by atoms with van der Waals surface area (Å²) in [5.74, 6) is -1.43. The first-order valence-electron chi connectivity index (χ1n) is 5.35. The molecule has 0 radical (unpaired) electrons. The Labute approximate surface area is 117 Å². The summed E-state index contributed by atoms with van der Waals surface area (Å²) in [5, 5.41) is 28.5. The summed E-state index contributed by atoms with van der Waals surface area (Å²) in [6.07, 6.45) is 1.40. The smallest absolute Gasteiger partial charge is 0.252 e. The normalized spacial score (nSPS) is 9.58. The van der Waals surface area contributed by atoms with E-state index in [9.17, 15) is 20.1 Å². The lowest BCUT2D eigenvalue weighted by atomic mass is 10.1. The number of nitrogens with zero attached hydrogens (tertiary/aromatic N) is 1. The fourth-order valence-electron chi connectivity index (χ4n) is 1.63. The van der Waals surface area contributed by atoms with E-state index in [4.69, 9.17) is 5.73 Å². The van der Waals surface area contributed by atoms with E-state index in [1.165, 1.54) is 12.1 Å². The Kier molecular flexibility index (Phi) is 6.92. The van der Waals surface area contributed by atoms with Crippen molar-refractivity contribution in [1.29, 1.82) is 0 Å². The van der Waals surface area contributed by atoms with Gasteiger partial charge in [0.05, 0.1) is 5.69 Å². The molecule has 0 saturated carbocycles. The number of rotatable bonds is 5. The molecular formula is C12H17ClN2O4. The summed E-state index contributed by atoms with van der Waals surface area (Å²) in [6.45, 7) is 2.98. The minimum atomic E-state index is -0.639. The van der Waals surface area contributed by atoms with Crippen LogP contribution >= 0.6 is 12.4 Å². The topological polar surface area (TPSA) is 107 Å². The number of phenols is 2. The van der Waals surface area contributed by atoms with Crippen LogP contribution in [-0.2, 0) is 11.2 Å². The molecular weight excluding hydrogens is 272 g/mol. The third kappa shape index (κ3) is 3.60. The molecule has 0 unspecified atom stereocenters. The third-order valence-electron chi connectivity index (χ3n) is 2.48. The monoisotopic (exact) mass is 288 g/mol. The van der Waals surface area contributed by atoms with Crippen LogP contribution in [0.2, 0.25) is 0 Å².